The van der Waals surface area contributed by atoms with Gasteiger partial charge in [-0.2, -0.15) is 0 Å². The van der Waals surface area contributed by atoms with Gasteiger partial charge in [0.2, 0.25) is 0 Å². The highest BCUT2D eigenvalue weighted by atomic mass is 35.5. The Morgan fingerprint density at radius 1 is 1.30 bits per heavy atom. The molecule has 3 N–H and O–H groups in total. The molecule has 0 saturated heterocycles. The maximum atomic E-state index is 11.8. The molecule has 0 aromatic heterocycles. The standard InChI is InChI=1S/C15H21ClN2O2/c16-12-6-2-1-5-11(12)9-10-17-15(20)18-13-7-3-4-8-14(13)19/h1-2,5-6,13-14,19H,3-4,7-10H2,(H2,17,18,20). The zero-order chi connectivity index (χ0) is 14.4. The van der Waals surface area contributed by atoms with E-state index in [9.17, 15) is 9.90 Å². The summed E-state index contributed by atoms with van der Waals surface area (Å²) in [6.45, 7) is 0.526. The van der Waals surface area contributed by atoms with Crippen LogP contribution in [0.15, 0.2) is 24.3 Å². The van der Waals surface area contributed by atoms with Gasteiger partial charge in [0.1, 0.15) is 0 Å². The summed E-state index contributed by atoms with van der Waals surface area (Å²) in [5.41, 5.74) is 1.02. The number of aliphatic hydroxyl groups is 1. The molecule has 5 heteroatoms. The molecule has 20 heavy (non-hydrogen) atoms. The fourth-order valence-electron chi connectivity index (χ4n) is 2.51. The minimum Gasteiger partial charge on any atom is -0.391 e. The highest BCUT2D eigenvalue weighted by Crippen LogP contribution is 2.18. The van der Waals surface area contributed by atoms with Crippen molar-refractivity contribution in [3.8, 4) is 0 Å². The van der Waals surface area contributed by atoms with E-state index in [1.807, 2.05) is 24.3 Å². The molecule has 0 radical (unpaired) electrons. The second kappa shape index (κ2) is 7.50. The van der Waals surface area contributed by atoms with Crippen molar-refractivity contribution >= 4 is 17.6 Å². The number of carbonyl (C=O) groups is 1. The third kappa shape index (κ3) is 4.39. The number of hydrogen-bond acceptors (Lipinski definition) is 2. The smallest absolute Gasteiger partial charge is 0.315 e. The van der Waals surface area contributed by atoms with Gasteiger partial charge in [-0.05, 0) is 30.9 Å². The van der Waals surface area contributed by atoms with E-state index in [1.54, 1.807) is 0 Å². The van der Waals surface area contributed by atoms with Crippen LogP contribution in [0, 0.1) is 0 Å². The largest absolute Gasteiger partial charge is 0.391 e. The number of carbonyl (C=O) groups excluding carboxylic acids is 1. The Balaban J connectivity index is 1.71. The molecule has 1 aliphatic rings. The topological polar surface area (TPSA) is 61.4 Å². The summed E-state index contributed by atoms with van der Waals surface area (Å²) in [5, 5.41) is 16.2. The van der Waals surface area contributed by atoms with Gasteiger partial charge in [0.05, 0.1) is 12.1 Å². The molecule has 1 aliphatic carbocycles. The summed E-state index contributed by atoms with van der Waals surface area (Å²) in [4.78, 5) is 11.8. The van der Waals surface area contributed by atoms with Gasteiger partial charge in [-0.25, -0.2) is 4.79 Å². The SMILES string of the molecule is O=C(NCCc1ccccc1Cl)NC1CCCCC1O. The van der Waals surface area contributed by atoms with Gasteiger partial charge in [0.15, 0.2) is 0 Å². The summed E-state index contributed by atoms with van der Waals surface area (Å²) in [7, 11) is 0. The van der Waals surface area contributed by atoms with E-state index in [-0.39, 0.29) is 12.1 Å². The first kappa shape index (κ1) is 15.1. The second-order valence-corrected chi connectivity index (χ2v) is 5.61. The van der Waals surface area contributed by atoms with Crippen molar-refractivity contribution in [1.82, 2.24) is 10.6 Å². The lowest BCUT2D eigenvalue weighted by Gasteiger charge is -2.28. The number of urea groups is 1. The maximum Gasteiger partial charge on any atom is 0.315 e. The normalized spacial score (nSPS) is 22.3. The van der Waals surface area contributed by atoms with Crippen molar-refractivity contribution in [3.63, 3.8) is 0 Å². The van der Waals surface area contributed by atoms with Crippen LogP contribution in [0.25, 0.3) is 0 Å². The molecule has 2 amide bonds. The number of amides is 2. The molecule has 1 fully saturated rings. The average Bonchev–Trinajstić information content (AvgIpc) is 2.43. The molecule has 1 aromatic carbocycles. The lowest BCUT2D eigenvalue weighted by Crippen LogP contribution is -2.49. The molecule has 0 bridgehead atoms. The molecule has 0 spiro atoms. The maximum absolute atomic E-state index is 11.8. The third-order valence-electron chi connectivity index (χ3n) is 3.68. The van der Waals surface area contributed by atoms with Crippen LogP contribution in [-0.2, 0) is 6.42 Å². The van der Waals surface area contributed by atoms with E-state index in [2.05, 4.69) is 10.6 Å². The van der Waals surface area contributed by atoms with Crippen LogP contribution in [0.2, 0.25) is 5.02 Å². The molecule has 2 unspecified atom stereocenters. The highest BCUT2D eigenvalue weighted by Gasteiger charge is 2.24. The van der Waals surface area contributed by atoms with Crippen LogP contribution >= 0.6 is 11.6 Å². The van der Waals surface area contributed by atoms with E-state index >= 15 is 0 Å². The Morgan fingerprint density at radius 2 is 2.05 bits per heavy atom. The monoisotopic (exact) mass is 296 g/mol. The molecule has 0 heterocycles. The lowest BCUT2D eigenvalue weighted by molar-refractivity contribution is 0.0943. The number of aliphatic hydroxyl groups excluding tert-OH is 1. The zero-order valence-electron chi connectivity index (χ0n) is 11.4. The van der Waals surface area contributed by atoms with Crippen molar-refractivity contribution in [3.05, 3.63) is 34.9 Å². The first-order chi connectivity index (χ1) is 9.66. The molecule has 0 aliphatic heterocycles. The van der Waals surface area contributed by atoms with Crippen molar-refractivity contribution in [2.45, 2.75) is 44.2 Å². The Hall–Kier alpha value is -1.26. The average molecular weight is 297 g/mol. The van der Waals surface area contributed by atoms with Gasteiger partial charge in [-0.3, -0.25) is 0 Å². The van der Waals surface area contributed by atoms with Crippen LogP contribution in [0.3, 0.4) is 0 Å². The quantitative estimate of drug-likeness (QED) is 0.799. The number of benzene rings is 1. The van der Waals surface area contributed by atoms with Gasteiger partial charge in [0, 0.05) is 11.6 Å². The zero-order valence-corrected chi connectivity index (χ0v) is 12.2. The molecule has 1 aromatic rings. The predicted octanol–water partition coefficient (Wildman–Crippen LogP) is 2.49. The van der Waals surface area contributed by atoms with E-state index in [1.165, 1.54) is 0 Å². The highest BCUT2D eigenvalue weighted by molar-refractivity contribution is 6.31. The van der Waals surface area contributed by atoms with Gasteiger partial charge in [-0.15, -0.1) is 0 Å². The fraction of sp³-hybridized carbons (Fsp3) is 0.533. The molecule has 2 rings (SSSR count). The minimum absolute atomic E-state index is 0.121. The Labute approximate surface area is 124 Å². The van der Waals surface area contributed by atoms with Gasteiger partial charge >= 0.3 is 6.03 Å². The lowest BCUT2D eigenvalue weighted by atomic mass is 9.93. The van der Waals surface area contributed by atoms with Crippen LogP contribution in [0.5, 0.6) is 0 Å². The van der Waals surface area contributed by atoms with Crippen LogP contribution in [0.1, 0.15) is 31.2 Å². The Morgan fingerprint density at radius 3 is 2.80 bits per heavy atom. The summed E-state index contributed by atoms with van der Waals surface area (Å²) in [6.07, 6.45) is 3.98. The van der Waals surface area contributed by atoms with E-state index < -0.39 is 6.10 Å². The van der Waals surface area contributed by atoms with E-state index in [4.69, 9.17) is 11.6 Å². The van der Waals surface area contributed by atoms with E-state index in [0.717, 1.165) is 36.3 Å². The number of rotatable bonds is 4. The molecule has 1 saturated carbocycles. The Bertz CT molecular complexity index is 453. The molecule has 4 nitrogen and oxygen atoms in total. The summed E-state index contributed by atoms with van der Waals surface area (Å²) >= 11 is 6.05. The van der Waals surface area contributed by atoms with Crippen LogP contribution in [0.4, 0.5) is 4.79 Å². The number of nitrogens with one attached hydrogen (secondary N) is 2. The summed E-state index contributed by atoms with van der Waals surface area (Å²) < 4.78 is 0. The second-order valence-electron chi connectivity index (χ2n) is 5.20. The molecular weight excluding hydrogens is 276 g/mol. The number of halogens is 1. The van der Waals surface area contributed by atoms with Gasteiger partial charge in [-0.1, -0.05) is 42.6 Å². The Kier molecular flexibility index (Phi) is 5.68. The molecular formula is C15H21ClN2O2. The summed E-state index contributed by atoms with van der Waals surface area (Å²) in [5.74, 6) is 0. The predicted molar refractivity (Wildman–Crippen MR) is 80.0 cm³/mol. The van der Waals surface area contributed by atoms with Gasteiger partial charge in [0.25, 0.3) is 0 Å². The van der Waals surface area contributed by atoms with Crippen molar-refractivity contribution < 1.29 is 9.90 Å². The first-order valence-electron chi connectivity index (χ1n) is 7.12. The van der Waals surface area contributed by atoms with Crippen molar-refractivity contribution in [1.29, 1.82) is 0 Å². The van der Waals surface area contributed by atoms with Gasteiger partial charge < -0.3 is 15.7 Å². The minimum atomic E-state index is -0.418. The van der Waals surface area contributed by atoms with Crippen LogP contribution in [-0.4, -0.2) is 29.8 Å². The van der Waals surface area contributed by atoms with Crippen molar-refractivity contribution in [2.24, 2.45) is 0 Å². The molecule has 2 atom stereocenters. The van der Waals surface area contributed by atoms with Crippen molar-refractivity contribution in [2.75, 3.05) is 6.54 Å². The van der Waals surface area contributed by atoms with Crippen LogP contribution < -0.4 is 10.6 Å². The van der Waals surface area contributed by atoms with E-state index in [0.29, 0.717) is 13.0 Å². The number of hydrogen-bond donors (Lipinski definition) is 3. The fourth-order valence-corrected chi connectivity index (χ4v) is 2.74. The molecule has 110 valence electrons. The first-order valence-corrected chi connectivity index (χ1v) is 7.50. The third-order valence-corrected chi connectivity index (χ3v) is 4.05. The summed E-state index contributed by atoms with van der Waals surface area (Å²) in [6, 6.07) is 7.27.